The normalized spacial score (nSPS) is 24.9. The van der Waals surface area contributed by atoms with Crippen LogP contribution in [-0.4, -0.2) is 26.4 Å². The molecule has 1 N–H and O–H groups in total. The van der Waals surface area contributed by atoms with E-state index in [-0.39, 0.29) is 6.10 Å². The van der Waals surface area contributed by atoms with Gasteiger partial charge in [0.2, 0.25) is 0 Å². The van der Waals surface area contributed by atoms with Crippen molar-refractivity contribution in [2.24, 2.45) is 13.0 Å². The number of aryl methyl sites for hydroxylation is 1. The maximum Gasteiger partial charge on any atom is 0.0856 e. The Hall–Kier alpha value is -0.480. The van der Waals surface area contributed by atoms with Crippen LogP contribution in [0.2, 0.25) is 0 Å². The highest BCUT2D eigenvalue weighted by molar-refractivity contribution is 7.99. The molecule has 0 amide bonds. The topological polar surface area (TPSA) is 38.0 Å². The summed E-state index contributed by atoms with van der Waals surface area (Å²) in [5, 5.41) is 14.0. The van der Waals surface area contributed by atoms with Crippen molar-refractivity contribution in [2.75, 3.05) is 11.5 Å². The molecule has 13 heavy (non-hydrogen) atoms. The molecule has 0 aliphatic carbocycles. The molecule has 2 heterocycles. The first kappa shape index (κ1) is 9.09. The number of nitrogens with zero attached hydrogens (tertiary/aromatic N) is 2. The average Bonchev–Trinajstić information content (AvgIpc) is 2.72. The number of aliphatic hydroxyl groups excluding tert-OH is 1. The predicted octanol–water partition coefficient (Wildman–Crippen LogP) is 1.21. The lowest BCUT2D eigenvalue weighted by molar-refractivity contribution is 0.121. The summed E-state index contributed by atoms with van der Waals surface area (Å²) in [6.07, 6.45) is 4.46. The van der Waals surface area contributed by atoms with Gasteiger partial charge in [-0.15, -0.1) is 0 Å². The first-order valence-electron chi connectivity index (χ1n) is 4.52. The third kappa shape index (κ3) is 1.89. The summed E-state index contributed by atoms with van der Waals surface area (Å²) in [5.41, 5.74) is 0.954. The van der Waals surface area contributed by atoms with Crippen molar-refractivity contribution in [3.05, 3.63) is 18.0 Å². The zero-order valence-electron chi connectivity index (χ0n) is 7.68. The number of rotatable bonds is 2. The van der Waals surface area contributed by atoms with Crippen LogP contribution in [0.4, 0.5) is 0 Å². The molecule has 0 radical (unpaired) electrons. The van der Waals surface area contributed by atoms with E-state index in [1.54, 1.807) is 10.9 Å². The summed E-state index contributed by atoms with van der Waals surface area (Å²) in [7, 11) is 1.87. The fraction of sp³-hybridized carbons (Fsp3) is 0.667. The smallest absolute Gasteiger partial charge is 0.0856 e. The lowest BCUT2D eigenvalue weighted by atomic mass is 9.98. The minimum Gasteiger partial charge on any atom is -0.388 e. The second-order valence-electron chi connectivity index (χ2n) is 3.52. The molecular formula is C9H14N2OS. The van der Waals surface area contributed by atoms with Gasteiger partial charge in [-0.3, -0.25) is 4.68 Å². The third-order valence-corrected chi connectivity index (χ3v) is 3.67. The van der Waals surface area contributed by atoms with E-state index in [9.17, 15) is 5.11 Å². The molecule has 0 spiro atoms. The Bertz CT molecular complexity index is 281. The zero-order valence-corrected chi connectivity index (χ0v) is 8.50. The molecular weight excluding hydrogens is 184 g/mol. The Morgan fingerprint density at radius 3 is 3.15 bits per heavy atom. The molecule has 1 fully saturated rings. The first-order valence-corrected chi connectivity index (χ1v) is 5.67. The van der Waals surface area contributed by atoms with Crippen molar-refractivity contribution >= 4 is 11.8 Å². The Morgan fingerprint density at radius 1 is 1.77 bits per heavy atom. The van der Waals surface area contributed by atoms with E-state index >= 15 is 0 Å². The van der Waals surface area contributed by atoms with Crippen LogP contribution in [0.1, 0.15) is 18.1 Å². The minimum absolute atomic E-state index is 0.316. The Balaban J connectivity index is 2.07. The zero-order chi connectivity index (χ0) is 9.26. The van der Waals surface area contributed by atoms with Crippen LogP contribution in [0, 0.1) is 5.92 Å². The van der Waals surface area contributed by atoms with Gasteiger partial charge in [0, 0.05) is 18.8 Å². The van der Waals surface area contributed by atoms with E-state index in [0.29, 0.717) is 5.92 Å². The molecule has 3 nitrogen and oxygen atoms in total. The lowest BCUT2D eigenvalue weighted by Crippen LogP contribution is -2.10. The molecule has 0 aromatic carbocycles. The van der Waals surface area contributed by atoms with Gasteiger partial charge in [-0.1, -0.05) is 0 Å². The largest absolute Gasteiger partial charge is 0.388 e. The molecule has 0 saturated carbocycles. The summed E-state index contributed by atoms with van der Waals surface area (Å²) < 4.78 is 1.74. The molecule has 4 heteroatoms. The summed E-state index contributed by atoms with van der Waals surface area (Å²) in [4.78, 5) is 0. The molecule has 1 aliphatic rings. The highest BCUT2D eigenvalue weighted by Crippen LogP contribution is 2.33. The SMILES string of the molecule is Cn1cc(C(O)C2CCSC2)cn1. The van der Waals surface area contributed by atoms with Crippen molar-refractivity contribution in [1.29, 1.82) is 0 Å². The summed E-state index contributed by atoms with van der Waals surface area (Å²) in [6, 6.07) is 0. The van der Waals surface area contributed by atoms with Gasteiger partial charge in [-0.05, 0) is 23.8 Å². The summed E-state index contributed by atoms with van der Waals surface area (Å²) >= 11 is 1.92. The fourth-order valence-corrected chi connectivity index (χ4v) is 2.95. The van der Waals surface area contributed by atoms with Gasteiger partial charge in [0.25, 0.3) is 0 Å². The van der Waals surface area contributed by atoms with Gasteiger partial charge in [0.1, 0.15) is 0 Å². The van der Waals surface area contributed by atoms with E-state index in [1.165, 1.54) is 5.75 Å². The highest BCUT2D eigenvalue weighted by atomic mass is 32.2. The van der Waals surface area contributed by atoms with Gasteiger partial charge in [0.05, 0.1) is 12.3 Å². The van der Waals surface area contributed by atoms with Crippen LogP contribution in [0.25, 0.3) is 0 Å². The number of aromatic nitrogens is 2. The monoisotopic (exact) mass is 198 g/mol. The average molecular weight is 198 g/mol. The van der Waals surface area contributed by atoms with Crippen LogP contribution >= 0.6 is 11.8 Å². The molecule has 1 aromatic rings. The van der Waals surface area contributed by atoms with Gasteiger partial charge >= 0.3 is 0 Å². The number of hydrogen-bond donors (Lipinski definition) is 1. The second kappa shape index (κ2) is 3.72. The molecule has 72 valence electrons. The standard InChI is InChI=1S/C9H14N2OS/c1-11-5-8(4-10-11)9(12)7-2-3-13-6-7/h4-5,7,9,12H,2-3,6H2,1H3. The predicted molar refractivity (Wildman–Crippen MR) is 53.6 cm³/mol. The second-order valence-corrected chi connectivity index (χ2v) is 4.67. The Morgan fingerprint density at radius 2 is 2.62 bits per heavy atom. The van der Waals surface area contributed by atoms with Crippen LogP contribution < -0.4 is 0 Å². The van der Waals surface area contributed by atoms with Gasteiger partial charge in [0.15, 0.2) is 0 Å². The highest BCUT2D eigenvalue weighted by Gasteiger charge is 2.25. The number of thioether (sulfide) groups is 1. The molecule has 1 aliphatic heterocycles. The van der Waals surface area contributed by atoms with Crippen molar-refractivity contribution < 1.29 is 5.11 Å². The quantitative estimate of drug-likeness (QED) is 0.776. The minimum atomic E-state index is -0.316. The van der Waals surface area contributed by atoms with Crippen LogP contribution in [0.5, 0.6) is 0 Å². The third-order valence-electron chi connectivity index (χ3n) is 2.48. The first-order chi connectivity index (χ1) is 6.27. The molecule has 2 unspecified atom stereocenters. The van der Waals surface area contributed by atoms with Crippen molar-refractivity contribution in [3.63, 3.8) is 0 Å². The van der Waals surface area contributed by atoms with E-state index in [1.807, 2.05) is 25.0 Å². The summed E-state index contributed by atoms with van der Waals surface area (Å²) in [5.74, 6) is 2.69. The van der Waals surface area contributed by atoms with Gasteiger partial charge in [-0.2, -0.15) is 16.9 Å². The molecule has 2 rings (SSSR count). The van der Waals surface area contributed by atoms with Crippen molar-refractivity contribution in [3.8, 4) is 0 Å². The van der Waals surface area contributed by atoms with E-state index < -0.39 is 0 Å². The van der Waals surface area contributed by atoms with E-state index in [2.05, 4.69) is 5.10 Å². The fourth-order valence-electron chi connectivity index (χ4n) is 1.67. The molecule has 0 bridgehead atoms. The lowest BCUT2D eigenvalue weighted by Gasteiger charge is -2.14. The van der Waals surface area contributed by atoms with Gasteiger partial charge in [-0.25, -0.2) is 0 Å². The molecule has 2 atom stereocenters. The van der Waals surface area contributed by atoms with E-state index in [4.69, 9.17) is 0 Å². The Kier molecular flexibility index (Phi) is 2.60. The summed E-state index contributed by atoms with van der Waals surface area (Å²) in [6.45, 7) is 0. The van der Waals surface area contributed by atoms with Gasteiger partial charge < -0.3 is 5.11 Å². The molecule has 1 saturated heterocycles. The maximum absolute atomic E-state index is 9.97. The van der Waals surface area contributed by atoms with E-state index in [0.717, 1.165) is 17.7 Å². The molecule has 1 aromatic heterocycles. The van der Waals surface area contributed by atoms with Crippen LogP contribution in [-0.2, 0) is 7.05 Å². The Labute approximate surface area is 82.1 Å². The number of aliphatic hydroxyl groups is 1. The number of hydrogen-bond acceptors (Lipinski definition) is 3. The maximum atomic E-state index is 9.97. The van der Waals surface area contributed by atoms with Crippen LogP contribution in [0.15, 0.2) is 12.4 Å². The van der Waals surface area contributed by atoms with Crippen molar-refractivity contribution in [1.82, 2.24) is 9.78 Å². The van der Waals surface area contributed by atoms with Crippen LogP contribution in [0.3, 0.4) is 0 Å². The van der Waals surface area contributed by atoms with Crippen molar-refractivity contribution in [2.45, 2.75) is 12.5 Å².